The van der Waals surface area contributed by atoms with Gasteiger partial charge in [-0.3, -0.25) is 14.6 Å². The molecule has 1 aliphatic rings. The van der Waals surface area contributed by atoms with E-state index in [1.165, 1.54) is 30.5 Å². The zero-order valence-corrected chi connectivity index (χ0v) is 18.1. The number of hydrogen-bond acceptors (Lipinski definition) is 5. The third-order valence-electron chi connectivity index (χ3n) is 4.97. The Labute approximate surface area is 186 Å². The zero-order valence-electron chi connectivity index (χ0n) is 17.3. The van der Waals surface area contributed by atoms with Crippen LogP contribution in [0.15, 0.2) is 71.9 Å². The molecular weight excluding hydrogens is 428 g/mol. The van der Waals surface area contributed by atoms with E-state index < -0.39 is 15.9 Å². The number of aromatic nitrogens is 1. The van der Waals surface area contributed by atoms with Crippen molar-refractivity contribution in [2.75, 3.05) is 10.6 Å². The molecule has 0 unspecified atom stereocenters. The first-order chi connectivity index (χ1) is 15.3. The molecule has 1 heterocycles. The van der Waals surface area contributed by atoms with Crippen molar-refractivity contribution < 1.29 is 18.0 Å². The number of carbonyl (C=O) groups is 2. The quantitative estimate of drug-likeness (QED) is 0.510. The molecule has 0 aliphatic heterocycles. The Kier molecular flexibility index (Phi) is 6.02. The third kappa shape index (κ3) is 5.19. The van der Waals surface area contributed by atoms with Crippen molar-refractivity contribution in [1.82, 2.24) is 9.71 Å². The minimum atomic E-state index is -3.67. The Morgan fingerprint density at radius 3 is 2.44 bits per heavy atom. The Morgan fingerprint density at radius 1 is 0.938 bits per heavy atom. The SMILES string of the molecule is Cc1ccc(NC(=O)c2cccc(S(=O)(=O)NC3CC3)c2)cc1C(=O)Nc1cccnc1. The van der Waals surface area contributed by atoms with E-state index in [4.69, 9.17) is 0 Å². The normalized spacial score (nSPS) is 13.4. The highest BCUT2D eigenvalue weighted by atomic mass is 32.2. The van der Waals surface area contributed by atoms with Crippen LogP contribution in [0.4, 0.5) is 11.4 Å². The number of aryl methyl sites for hydroxylation is 1. The molecule has 1 aromatic heterocycles. The molecule has 8 nitrogen and oxygen atoms in total. The van der Waals surface area contributed by atoms with Gasteiger partial charge in [0.15, 0.2) is 0 Å². The summed E-state index contributed by atoms with van der Waals surface area (Å²) in [5, 5.41) is 5.50. The Balaban J connectivity index is 1.50. The van der Waals surface area contributed by atoms with Gasteiger partial charge in [0.2, 0.25) is 10.0 Å². The van der Waals surface area contributed by atoms with Gasteiger partial charge in [-0.2, -0.15) is 0 Å². The van der Waals surface area contributed by atoms with E-state index in [9.17, 15) is 18.0 Å². The molecule has 164 valence electrons. The van der Waals surface area contributed by atoms with Crippen LogP contribution in [0.25, 0.3) is 0 Å². The Hall–Kier alpha value is -3.56. The van der Waals surface area contributed by atoms with Gasteiger partial charge in [-0.05, 0) is 67.8 Å². The molecule has 0 atom stereocenters. The number of nitrogens with zero attached hydrogens (tertiary/aromatic N) is 1. The van der Waals surface area contributed by atoms with E-state index in [2.05, 4.69) is 20.3 Å². The summed E-state index contributed by atoms with van der Waals surface area (Å²) in [6.07, 6.45) is 4.80. The standard InChI is InChI=1S/C23H22N4O4S/c1-15-7-8-18(13-21(15)23(29)26-19-5-3-11-24-14-19)25-22(28)16-4-2-6-20(12-16)32(30,31)27-17-9-10-17/h2-8,11-14,17,27H,9-10H2,1H3,(H,25,28)(H,26,29). The molecule has 0 radical (unpaired) electrons. The number of sulfonamides is 1. The maximum Gasteiger partial charge on any atom is 0.256 e. The smallest absolute Gasteiger partial charge is 0.256 e. The van der Waals surface area contributed by atoms with Crippen molar-refractivity contribution in [2.45, 2.75) is 30.7 Å². The molecule has 1 aliphatic carbocycles. The fraction of sp³-hybridized carbons (Fsp3) is 0.174. The summed E-state index contributed by atoms with van der Waals surface area (Å²) in [4.78, 5) is 29.4. The summed E-state index contributed by atoms with van der Waals surface area (Å²) in [6.45, 7) is 1.80. The average Bonchev–Trinajstić information content (AvgIpc) is 3.59. The predicted molar refractivity (Wildman–Crippen MR) is 121 cm³/mol. The molecule has 3 aromatic rings. The number of hydrogen-bond donors (Lipinski definition) is 3. The van der Waals surface area contributed by atoms with Crippen molar-refractivity contribution in [3.8, 4) is 0 Å². The number of benzene rings is 2. The number of carbonyl (C=O) groups excluding carboxylic acids is 2. The van der Waals surface area contributed by atoms with Crippen LogP contribution < -0.4 is 15.4 Å². The molecule has 9 heteroatoms. The van der Waals surface area contributed by atoms with Gasteiger partial charge in [0, 0.05) is 29.1 Å². The summed E-state index contributed by atoms with van der Waals surface area (Å²) in [5.41, 5.74) is 2.32. The van der Waals surface area contributed by atoms with Gasteiger partial charge in [-0.25, -0.2) is 13.1 Å². The highest BCUT2D eigenvalue weighted by Crippen LogP contribution is 2.23. The van der Waals surface area contributed by atoms with E-state index in [1.807, 2.05) is 0 Å². The van der Waals surface area contributed by atoms with Gasteiger partial charge in [0.05, 0.1) is 16.8 Å². The lowest BCUT2D eigenvalue weighted by Crippen LogP contribution is -2.26. The van der Waals surface area contributed by atoms with Crippen LogP contribution in [0.2, 0.25) is 0 Å². The summed E-state index contributed by atoms with van der Waals surface area (Å²) in [7, 11) is -3.67. The van der Waals surface area contributed by atoms with E-state index >= 15 is 0 Å². The molecule has 0 spiro atoms. The number of amides is 2. The fourth-order valence-corrected chi connectivity index (χ4v) is 4.43. The van der Waals surface area contributed by atoms with Gasteiger partial charge in [-0.15, -0.1) is 0 Å². The van der Waals surface area contributed by atoms with Gasteiger partial charge in [0.1, 0.15) is 0 Å². The van der Waals surface area contributed by atoms with Crippen molar-refractivity contribution in [3.63, 3.8) is 0 Å². The van der Waals surface area contributed by atoms with Gasteiger partial charge >= 0.3 is 0 Å². The second-order valence-electron chi connectivity index (χ2n) is 7.60. The highest BCUT2D eigenvalue weighted by molar-refractivity contribution is 7.89. The predicted octanol–water partition coefficient (Wildman–Crippen LogP) is 3.34. The van der Waals surface area contributed by atoms with Crippen molar-refractivity contribution >= 4 is 33.2 Å². The summed E-state index contributed by atoms with van der Waals surface area (Å²) in [5.74, 6) is -0.804. The Bertz CT molecular complexity index is 1270. The molecule has 0 saturated heterocycles. The van der Waals surface area contributed by atoms with Crippen LogP contribution >= 0.6 is 0 Å². The summed E-state index contributed by atoms with van der Waals surface area (Å²) >= 11 is 0. The maximum absolute atomic E-state index is 12.7. The summed E-state index contributed by atoms with van der Waals surface area (Å²) < 4.78 is 27.5. The lowest BCUT2D eigenvalue weighted by Gasteiger charge is -2.11. The van der Waals surface area contributed by atoms with E-state index in [0.29, 0.717) is 16.9 Å². The van der Waals surface area contributed by atoms with Crippen LogP contribution in [0.5, 0.6) is 0 Å². The maximum atomic E-state index is 12.7. The van der Waals surface area contributed by atoms with Gasteiger partial charge in [0.25, 0.3) is 11.8 Å². The molecule has 32 heavy (non-hydrogen) atoms. The first-order valence-electron chi connectivity index (χ1n) is 10.1. The Morgan fingerprint density at radius 2 is 1.72 bits per heavy atom. The number of anilines is 2. The lowest BCUT2D eigenvalue weighted by atomic mass is 10.1. The van der Waals surface area contributed by atoms with Crippen LogP contribution in [-0.4, -0.2) is 31.3 Å². The first kappa shape index (κ1) is 21.7. The lowest BCUT2D eigenvalue weighted by molar-refractivity contribution is 0.101. The fourth-order valence-electron chi connectivity index (χ4n) is 3.08. The van der Waals surface area contributed by atoms with Crippen LogP contribution in [0, 0.1) is 6.92 Å². The van der Waals surface area contributed by atoms with Crippen molar-refractivity contribution in [1.29, 1.82) is 0 Å². The zero-order chi connectivity index (χ0) is 22.7. The number of nitrogens with one attached hydrogen (secondary N) is 3. The summed E-state index contributed by atoms with van der Waals surface area (Å²) in [6, 6.07) is 14.3. The molecular formula is C23H22N4O4S. The molecule has 2 amide bonds. The minimum Gasteiger partial charge on any atom is -0.322 e. The average molecular weight is 451 g/mol. The highest BCUT2D eigenvalue weighted by Gasteiger charge is 2.28. The number of rotatable bonds is 7. The molecule has 4 rings (SSSR count). The van der Waals surface area contributed by atoms with Crippen molar-refractivity contribution in [2.24, 2.45) is 0 Å². The van der Waals surface area contributed by atoms with E-state index in [0.717, 1.165) is 18.4 Å². The van der Waals surface area contributed by atoms with E-state index in [-0.39, 0.29) is 22.4 Å². The van der Waals surface area contributed by atoms with Crippen LogP contribution in [0.3, 0.4) is 0 Å². The molecule has 3 N–H and O–H groups in total. The number of pyridine rings is 1. The second kappa shape index (κ2) is 8.89. The molecule has 1 saturated carbocycles. The van der Waals surface area contributed by atoms with Crippen LogP contribution in [0.1, 0.15) is 39.1 Å². The first-order valence-corrected chi connectivity index (χ1v) is 11.6. The minimum absolute atomic E-state index is 0.0266. The largest absolute Gasteiger partial charge is 0.322 e. The van der Waals surface area contributed by atoms with E-state index in [1.54, 1.807) is 43.5 Å². The van der Waals surface area contributed by atoms with Gasteiger partial charge in [-0.1, -0.05) is 12.1 Å². The molecule has 1 fully saturated rings. The topological polar surface area (TPSA) is 117 Å². The molecule has 0 bridgehead atoms. The molecule has 2 aromatic carbocycles. The van der Waals surface area contributed by atoms with Crippen LogP contribution in [-0.2, 0) is 10.0 Å². The second-order valence-corrected chi connectivity index (χ2v) is 9.32. The third-order valence-corrected chi connectivity index (χ3v) is 6.48. The van der Waals surface area contributed by atoms with Crippen molar-refractivity contribution in [3.05, 3.63) is 83.7 Å². The monoisotopic (exact) mass is 450 g/mol. The van der Waals surface area contributed by atoms with Gasteiger partial charge < -0.3 is 10.6 Å².